The number of hydrogen-bond acceptors (Lipinski definition) is 3. The van der Waals surface area contributed by atoms with Crippen LogP contribution in [0.25, 0.3) is 11.6 Å². The summed E-state index contributed by atoms with van der Waals surface area (Å²) in [6.07, 6.45) is 2.11. The highest BCUT2D eigenvalue weighted by Crippen LogP contribution is 2.40. The van der Waals surface area contributed by atoms with E-state index in [1.807, 2.05) is 55.5 Å². The Bertz CT molecular complexity index is 806. The molecule has 2 aromatic carbocycles. The van der Waals surface area contributed by atoms with Crippen molar-refractivity contribution in [2.75, 3.05) is 18.5 Å². The van der Waals surface area contributed by atoms with E-state index in [0.29, 0.717) is 12.2 Å². The molecule has 4 rings (SSSR count). The van der Waals surface area contributed by atoms with Gasteiger partial charge in [-0.3, -0.25) is 4.79 Å². The Morgan fingerprint density at radius 3 is 2.87 bits per heavy atom. The number of fused-ring (bicyclic) bond motifs is 1. The van der Waals surface area contributed by atoms with Gasteiger partial charge in [-0.15, -0.1) is 0 Å². The van der Waals surface area contributed by atoms with Crippen LogP contribution < -0.4 is 10.1 Å². The number of nitrogens with one attached hydrogen (secondary N) is 1. The molecule has 0 radical (unpaired) electrons. The molecule has 1 fully saturated rings. The van der Waals surface area contributed by atoms with Crippen molar-refractivity contribution in [2.24, 2.45) is 0 Å². The van der Waals surface area contributed by atoms with Gasteiger partial charge in [0.1, 0.15) is 18.5 Å². The van der Waals surface area contributed by atoms with Crippen molar-refractivity contribution in [1.82, 2.24) is 0 Å². The van der Waals surface area contributed by atoms with E-state index >= 15 is 0 Å². The zero-order chi connectivity index (χ0) is 15.8. The minimum Gasteiger partial charge on any atom is -0.490 e. The fourth-order valence-corrected chi connectivity index (χ4v) is 2.73. The van der Waals surface area contributed by atoms with E-state index in [9.17, 15) is 4.79 Å². The van der Waals surface area contributed by atoms with Crippen LogP contribution in [0.5, 0.6) is 5.75 Å². The molecule has 0 aromatic heterocycles. The van der Waals surface area contributed by atoms with Crippen LogP contribution in [0.15, 0.2) is 42.5 Å². The number of amides is 1. The minimum atomic E-state index is -0.0954. The lowest BCUT2D eigenvalue weighted by Crippen LogP contribution is -2.06. The second-order valence-corrected chi connectivity index (χ2v) is 5.81. The molecular formula is C19H17NO3. The van der Waals surface area contributed by atoms with Crippen LogP contribution in [-0.4, -0.2) is 25.2 Å². The van der Waals surface area contributed by atoms with Gasteiger partial charge in [0.15, 0.2) is 0 Å². The Labute approximate surface area is 134 Å². The Kier molecular flexibility index (Phi) is 3.39. The first-order chi connectivity index (χ1) is 11.2. The van der Waals surface area contributed by atoms with Gasteiger partial charge in [0.05, 0.1) is 23.4 Å². The van der Waals surface area contributed by atoms with Crippen molar-refractivity contribution in [3.8, 4) is 5.75 Å². The van der Waals surface area contributed by atoms with Gasteiger partial charge in [0.2, 0.25) is 0 Å². The molecule has 2 aliphatic heterocycles. The van der Waals surface area contributed by atoms with E-state index in [1.165, 1.54) is 0 Å². The van der Waals surface area contributed by atoms with Crippen molar-refractivity contribution in [3.63, 3.8) is 0 Å². The van der Waals surface area contributed by atoms with E-state index < -0.39 is 0 Å². The second-order valence-electron chi connectivity index (χ2n) is 5.81. The molecule has 1 unspecified atom stereocenters. The van der Waals surface area contributed by atoms with Crippen molar-refractivity contribution < 1.29 is 14.3 Å². The maximum Gasteiger partial charge on any atom is 0.256 e. The number of epoxide rings is 1. The average Bonchev–Trinajstić information content (AvgIpc) is 3.32. The molecule has 1 saturated heterocycles. The molecule has 1 amide bonds. The predicted molar refractivity (Wildman–Crippen MR) is 89.4 cm³/mol. The van der Waals surface area contributed by atoms with Crippen LogP contribution in [0.4, 0.5) is 5.69 Å². The van der Waals surface area contributed by atoms with E-state index in [2.05, 4.69) is 5.32 Å². The first kappa shape index (κ1) is 14.0. The molecule has 23 heavy (non-hydrogen) atoms. The van der Waals surface area contributed by atoms with E-state index in [0.717, 1.165) is 34.7 Å². The zero-order valence-electron chi connectivity index (χ0n) is 12.8. The highest BCUT2D eigenvalue weighted by molar-refractivity contribution is 6.35. The summed E-state index contributed by atoms with van der Waals surface area (Å²) in [4.78, 5) is 12.4. The van der Waals surface area contributed by atoms with Crippen LogP contribution in [0.1, 0.15) is 16.7 Å². The predicted octanol–water partition coefficient (Wildman–Crippen LogP) is 3.27. The normalized spacial score (nSPS) is 20.3. The third-order valence-electron chi connectivity index (χ3n) is 4.10. The Morgan fingerprint density at radius 2 is 2.09 bits per heavy atom. The summed E-state index contributed by atoms with van der Waals surface area (Å²) in [5.74, 6) is 0.623. The van der Waals surface area contributed by atoms with E-state index in [4.69, 9.17) is 9.47 Å². The highest BCUT2D eigenvalue weighted by Gasteiger charge is 2.29. The van der Waals surface area contributed by atoms with Crippen molar-refractivity contribution >= 4 is 23.2 Å². The fraction of sp³-hybridized carbons (Fsp3) is 0.211. The molecule has 0 aliphatic carbocycles. The number of anilines is 1. The summed E-state index contributed by atoms with van der Waals surface area (Å²) < 4.78 is 11.0. The van der Waals surface area contributed by atoms with Gasteiger partial charge < -0.3 is 14.8 Å². The van der Waals surface area contributed by atoms with Crippen molar-refractivity contribution in [2.45, 2.75) is 13.0 Å². The number of benzene rings is 2. The highest BCUT2D eigenvalue weighted by atomic mass is 16.6. The molecule has 0 spiro atoms. The van der Waals surface area contributed by atoms with E-state index in [-0.39, 0.29) is 12.0 Å². The lowest BCUT2D eigenvalue weighted by Gasteiger charge is -2.10. The van der Waals surface area contributed by atoms with Crippen LogP contribution >= 0.6 is 0 Å². The number of hydrogen-bond donors (Lipinski definition) is 1. The molecule has 2 aliphatic rings. The number of ether oxygens (including phenoxy) is 2. The summed E-state index contributed by atoms with van der Waals surface area (Å²) in [6.45, 7) is 3.30. The smallest absolute Gasteiger partial charge is 0.256 e. The zero-order valence-corrected chi connectivity index (χ0v) is 12.8. The minimum absolute atomic E-state index is 0.0954. The summed E-state index contributed by atoms with van der Waals surface area (Å²) in [6, 6.07) is 13.7. The first-order valence-electron chi connectivity index (χ1n) is 7.69. The Balaban J connectivity index is 1.75. The summed E-state index contributed by atoms with van der Waals surface area (Å²) in [5, 5.41) is 2.91. The largest absolute Gasteiger partial charge is 0.490 e. The summed E-state index contributed by atoms with van der Waals surface area (Å²) in [7, 11) is 0. The number of aryl methyl sites for hydroxylation is 1. The Morgan fingerprint density at radius 1 is 1.26 bits per heavy atom. The van der Waals surface area contributed by atoms with Crippen molar-refractivity contribution in [1.29, 1.82) is 0 Å². The topological polar surface area (TPSA) is 50.9 Å². The number of rotatable bonds is 4. The maximum absolute atomic E-state index is 12.4. The maximum atomic E-state index is 12.4. The average molecular weight is 307 g/mol. The molecule has 0 saturated carbocycles. The third-order valence-corrected chi connectivity index (χ3v) is 4.10. The van der Waals surface area contributed by atoms with Gasteiger partial charge >= 0.3 is 0 Å². The van der Waals surface area contributed by atoms with Gasteiger partial charge in [-0.25, -0.2) is 0 Å². The van der Waals surface area contributed by atoms with Crippen molar-refractivity contribution in [3.05, 3.63) is 59.2 Å². The standard InChI is InChI=1S/C19H17NO3/c1-12-5-2-3-6-13(12)9-15-18-16(20-19(15)21)7-4-8-17(18)23-11-14-10-22-14/h2-9,14H,10-11H2,1H3,(H,20,21)/b15-9-. The molecule has 4 heteroatoms. The summed E-state index contributed by atoms with van der Waals surface area (Å²) in [5.41, 5.74) is 4.43. The Hall–Kier alpha value is -2.59. The molecular weight excluding hydrogens is 290 g/mol. The van der Waals surface area contributed by atoms with Gasteiger partial charge in [-0.2, -0.15) is 0 Å². The third kappa shape index (κ3) is 2.73. The number of carbonyl (C=O) groups excluding carboxylic acids is 1. The SMILES string of the molecule is Cc1ccccc1/C=C1\C(=O)Nc2cccc(OCC3CO3)c21. The van der Waals surface area contributed by atoms with Crippen LogP contribution in [-0.2, 0) is 9.53 Å². The summed E-state index contributed by atoms with van der Waals surface area (Å²) >= 11 is 0. The van der Waals surface area contributed by atoms with Crippen LogP contribution in [0.3, 0.4) is 0 Å². The molecule has 2 aromatic rings. The van der Waals surface area contributed by atoms with Gasteiger partial charge in [-0.05, 0) is 36.3 Å². The van der Waals surface area contributed by atoms with Crippen LogP contribution in [0, 0.1) is 6.92 Å². The fourth-order valence-electron chi connectivity index (χ4n) is 2.73. The lowest BCUT2D eigenvalue weighted by atomic mass is 10.0. The molecule has 2 heterocycles. The lowest BCUT2D eigenvalue weighted by molar-refractivity contribution is -0.110. The molecule has 116 valence electrons. The monoisotopic (exact) mass is 307 g/mol. The second kappa shape index (κ2) is 5.56. The molecule has 1 N–H and O–H groups in total. The first-order valence-corrected chi connectivity index (χ1v) is 7.69. The van der Waals surface area contributed by atoms with E-state index in [1.54, 1.807) is 0 Å². The molecule has 1 atom stereocenters. The quantitative estimate of drug-likeness (QED) is 0.697. The van der Waals surface area contributed by atoms with Gasteiger partial charge in [-0.1, -0.05) is 30.3 Å². The number of carbonyl (C=O) groups is 1. The molecule has 0 bridgehead atoms. The molecule has 4 nitrogen and oxygen atoms in total. The van der Waals surface area contributed by atoms with Gasteiger partial charge in [0.25, 0.3) is 5.91 Å². The van der Waals surface area contributed by atoms with Crippen LogP contribution in [0.2, 0.25) is 0 Å². The van der Waals surface area contributed by atoms with Gasteiger partial charge in [0, 0.05) is 0 Å².